The zero-order valence-corrected chi connectivity index (χ0v) is 7.93. The fourth-order valence-corrected chi connectivity index (χ4v) is 1.18. The largest absolute Gasteiger partial charge is 0.480 e. The van der Waals surface area contributed by atoms with Crippen molar-refractivity contribution in [3.8, 4) is 0 Å². The number of hydrogen-bond acceptors (Lipinski definition) is 3. The Hall–Kier alpha value is -1.46. The minimum absolute atomic E-state index is 0.278. The molecule has 1 aromatic rings. The molecule has 82 valence electrons. The lowest BCUT2D eigenvalue weighted by Crippen LogP contribution is -2.55. The first kappa shape index (κ1) is 11.6. The van der Waals surface area contributed by atoms with Crippen LogP contribution >= 0.6 is 0 Å². The van der Waals surface area contributed by atoms with Gasteiger partial charge in [-0.25, -0.2) is 9.18 Å². The standard InChI is InChI=1S/C10H12FNO3/c11-6-10(12,9(14)15)8(13)7-4-2-1-3-5-7/h1-5,8,13H,6,12H2,(H,14,15). The van der Waals surface area contributed by atoms with Gasteiger partial charge in [-0.05, 0) is 5.56 Å². The zero-order valence-electron chi connectivity index (χ0n) is 7.93. The molecule has 0 saturated heterocycles. The summed E-state index contributed by atoms with van der Waals surface area (Å²) in [4.78, 5) is 10.7. The van der Waals surface area contributed by atoms with Gasteiger partial charge < -0.3 is 15.9 Å². The van der Waals surface area contributed by atoms with E-state index >= 15 is 0 Å². The quantitative estimate of drug-likeness (QED) is 0.679. The Kier molecular flexibility index (Phi) is 3.39. The summed E-state index contributed by atoms with van der Waals surface area (Å²) in [6.07, 6.45) is -1.57. The highest BCUT2D eigenvalue weighted by atomic mass is 19.1. The second-order valence-corrected chi connectivity index (χ2v) is 3.29. The number of aliphatic hydroxyl groups is 1. The van der Waals surface area contributed by atoms with Gasteiger partial charge in [0, 0.05) is 0 Å². The van der Waals surface area contributed by atoms with Gasteiger partial charge in [-0.2, -0.15) is 0 Å². The highest BCUT2D eigenvalue weighted by Crippen LogP contribution is 2.24. The highest BCUT2D eigenvalue weighted by molar-refractivity contribution is 5.80. The first-order valence-corrected chi connectivity index (χ1v) is 4.33. The molecule has 4 N–H and O–H groups in total. The number of nitrogens with two attached hydrogens (primary N) is 1. The maximum absolute atomic E-state index is 12.6. The van der Waals surface area contributed by atoms with Crippen molar-refractivity contribution in [1.29, 1.82) is 0 Å². The third-order valence-electron chi connectivity index (χ3n) is 2.22. The van der Waals surface area contributed by atoms with Gasteiger partial charge in [-0.1, -0.05) is 30.3 Å². The highest BCUT2D eigenvalue weighted by Gasteiger charge is 2.42. The Bertz CT molecular complexity index is 344. The molecule has 4 nitrogen and oxygen atoms in total. The van der Waals surface area contributed by atoms with E-state index in [1.54, 1.807) is 18.2 Å². The molecule has 2 atom stereocenters. The predicted octanol–water partition coefficient (Wildman–Crippen LogP) is 0.472. The Labute approximate surface area is 86.1 Å². The molecule has 0 radical (unpaired) electrons. The van der Waals surface area contributed by atoms with Gasteiger partial charge in [0.1, 0.15) is 12.8 Å². The molecule has 5 heteroatoms. The third-order valence-corrected chi connectivity index (χ3v) is 2.22. The summed E-state index contributed by atoms with van der Waals surface area (Å²) < 4.78 is 12.6. The van der Waals surface area contributed by atoms with E-state index in [4.69, 9.17) is 10.8 Å². The average molecular weight is 213 g/mol. The Morgan fingerprint density at radius 2 is 2.00 bits per heavy atom. The summed E-state index contributed by atoms with van der Waals surface area (Å²) in [7, 11) is 0. The van der Waals surface area contributed by atoms with Crippen LogP contribution in [0.25, 0.3) is 0 Å². The predicted molar refractivity (Wildman–Crippen MR) is 51.9 cm³/mol. The van der Waals surface area contributed by atoms with Gasteiger partial charge in [0.05, 0.1) is 0 Å². The summed E-state index contributed by atoms with van der Waals surface area (Å²) in [6.45, 7) is -1.33. The molecule has 1 aromatic carbocycles. The van der Waals surface area contributed by atoms with E-state index in [0.717, 1.165) is 0 Å². The number of halogens is 1. The number of aliphatic hydroxyl groups excluding tert-OH is 1. The lowest BCUT2D eigenvalue weighted by molar-refractivity contribution is -0.149. The maximum atomic E-state index is 12.6. The number of alkyl halides is 1. The van der Waals surface area contributed by atoms with Crippen LogP contribution in [0.2, 0.25) is 0 Å². The van der Waals surface area contributed by atoms with Crippen molar-refractivity contribution >= 4 is 5.97 Å². The van der Waals surface area contributed by atoms with E-state index in [0.29, 0.717) is 0 Å². The Balaban J connectivity index is 3.02. The average Bonchev–Trinajstić information content (AvgIpc) is 2.28. The minimum Gasteiger partial charge on any atom is -0.480 e. The number of carboxylic acids is 1. The van der Waals surface area contributed by atoms with Crippen LogP contribution in [-0.2, 0) is 4.79 Å². The van der Waals surface area contributed by atoms with E-state index in [-0.39, 0.29) is 5.56 Å². The second kappa shape index (κ2) is 4.37. The number of hydrogen-bond donors (Lipinski definition) is 3. The number of carboxylic acid groups (broad SMARTS) is 1. The van der Waals surface area contributed by atoms with E-state index in [9.17, 15) is 14.3 Å². The van der Waals surface area contributed by atoms with Crippen molar-refractivity contribution in [1.82, 2.24) is 0 Å². The molecule has 0 aliphatic heterocycles. The van der Waals surface area contributed by atoms with Crippen LogP contribution in [0.3, 0.4) is 0 Å². The summed E-state index contributed by atoms with van der Waals surface area (Å²) in [5.41, 5.74) is 3.28. The Morgan fingerprint density at radius 1 is 1.47 bits per heavy atom. The molecule has 0 heterocycles. The van der Waals surface area contributed by atoms with Gasteiger partial charge in [0.2, 0.25) is 0 Å². The van der Waals surface area contributed by atoms with Gasteiger partial charge in [0.15, 0.2) is 5.54 Å². The van der Waals surface area contributed by atoms with E-state index in [2.05, 4.69) is 0 Å². The molecule has 0 aliphatic rings. The molecule has 1 rings (SSSR count). The van der Waals surface area contributed by atoms with Gasteiger partial charge in [-0.15, -0.1) is 0 Å². The Morgan fingerprint density at radius 3 is 2.40 bits per heavy atom. The van der Waals surface area contributed by atoms with Crippen LogP contribution in [0.1, 0.15) is 11.7 Å². The van der Waals surface area contributed by atoms with Gasteiger partial charge in [0.25, 0.3) is 0 Å². The van der Waals surface area contributed by atoms with Crippen molar-refractivity contribution in [2.24, 2.45) is 5.73 Å². The summed E-state index contributed by atoms with van der Waals surface area (Å²) in [6, 6.07) is 7.90. The van der Waals surface area contributed by atoms with Crippen molar-refractivity contribution in [3.05, 3.63) is 35.9 Å². The van der Waals surface area contributed by atoms with Gasteiger partial charge in [-0.3, -0.25) is 0 Å². The molecule has 0 fully saturated rings. The number of aliphatic carboxylic acids is 1. The van der Waals surface area contributed by atoms with Crippen LogP contribution in [-0.4, -0.2) is 28.4 Å². The second-order valence-electron chi connectivity index (χ2n) is 3.29. The molecule has 15 heavy (non-hydrogen) atoms. The SMILES string of the molecule is NC(CF)(C(=O)O)C(O)c1ccccc1. The molecule has 0 aliphatic carbocycles. The minimum atomic E-state index is -2.29. The summed E-state index contributed by atoms with van der Waals surface area (Å²) >= 11 is 0. The summed E-state index contributed by atoms with van der Waals surface area (Å²) in [5.74, 6) is -1.57. The monoisotopic (exact) mass is 213 g/mol. The first-order chi connectivity index (χ1) is 7.02. The number of carbonyl (C=O) groups is 1. The van der Waals surface area contributed by atoms with Crippen LogP contribution in [0.4, 0.5) is 4.39 Å². The lowest BCUT2D eigenvalue weighted by Gasteiger charge is -2.27. The molecule has 2 unspecified atom stereocenters. The molecule has 0 amide bonds. The summed E-state index contributed by atoms with van der Waals surface area (Å²) in [5, 5.41) is 18.4. The van der Waals surface area contributed by atoms with E-state index < -0.39 is 24.3 Å². The molecule has 0 saturated carbocycles. The zero-order chi connectivity index (χ0) is 11.5. The van der Waals surface area contributed by atoms with Crippen molar-refractivity contribution in [3.63, 3.8) is 0 Å². The fourth-order valence-electron chi connectivity index (χ4n) is 1.18. The number of benzene rings is 1. The van der Waals surface area contributed by atoms with Crippen LogP contribution in [0.15, 0.2) is 30.3 Å². The number of rotatable bonds is 4. The first-order valence-electron chi connectivity index (χ1n) is 4.33. The van der Waals surface area contributed by atoms with Crippen LogP contribution in [0.5, 0.6) is 0 Å². The molecular weight excluding hydrogens is 201 g/mol. The fraction of sp³-hybridized carbons (Fsp3) is 0.300. The van der Waals surface area contributed by atoms with Gasteiger partial charge >= 0.3 is 5.97 Å². The lowest BCUT2D eigenvalue weighted by atomic mass is 9.90. The van der Waals surface area contributed by atoms with Crippen LogP contribution in [0, 0.1) is 0 Å². The van der Waals surface area contributed by atoms with E-state index in [1.165, 1.54) is 12.1 Å². The van der Waals surface area contributed by atoms with Crippen molar-refractivity contribution in [2.45, 2.75) is 11.6 Å². The van der Waals surface area contributed by atoms with E-state index in [1.807, 2.05) is 0 Å². The van der Waals surface area contributed by atoms with Crippen molar-refractivity contribution in [2.75, 3.05) is 6.67 Å². The maximum Gasteiger partial charge on any atom is 0.329 e. The molecule has 0 aromatic heterocycles. The third kappa shape index (κ3) is 2.14. The molecule has 0 spiro atoms. The van der Waals surface area contributed by atoms with Crippen LogP contribution < -0.4 is 5.73 Å². The molecular formula is C10H12FNO3. The smallest absolute Gasteiger partial charge is 0.329 e. The topological polar surface area (TPSA) is 83.6 Å². The normalized spacial score (nSPS) is 16.7. The van der Waals surface area contributed by atoms with Crippen molar-refractivity contribution < 1.29 is 19.4 Å². The molecule has 0 bridgehead atoms.